The van der Waals surface area contributed by atoms with E-state index in [2.05, 4.69) is 52.5 Å². The number of hydrogen-bond donors (Lipinski definition) is 1. The van der Waals surface area contributed by atoms with Crippen LogP contribution in [0.5, 0.6) is 0 Å². The standard InChI is InChI=1S/C33H47NO2.C4H8/c1-30(2)24(21-8-10-22(11-9-21)29(35)36-5)14-18-32(4)27(30)16-19-31(3)25-15-20-33(34)17-6-7-26(33)23(25)12-13-28(31)32;1-4(2)3/h8-11,14,23,25-28H,6-7,12-13,15-20,34H2,1-5H3;1H2,2-3H3/t23?,25?,26-,27?,28?,31?,32?,33?;/m1./s1. The average Bonchev–Trinajstić information content (AvgIpc) is 3.29. The number of allylic oxidation sites excluding steroid dienone is 3. The number of fused-ring (bicyclic) bond motifs is 7. The van der Waals surface area contributed by atoms with Crippen molar-refractivity contribution in [2.45, 2.75) is 111 Å². The van der Waals surface area contributed by atoms with Crippen molar-refractivity contribution in [1.29, 1.82) is 0 Å². The third kappa shape index (κ3) is 4.63. The molecule has 0 amide bonds. The van der Waals surface area contributed by atoms with E-state index in [1.54, 1.807) is 0 Å². The molecule has 0 spiro atoms. The Bertz CT molecular complexity index is 1160. The highest BCUT2D eigenvalue weighted by Gasteiger charge is 2.65. The van der Waals surface area contributed by atoms with Crippen LogP contribution >= 0.6 is 0 Å². The number of carbonyl (C=O) groups excluding carboxylic acids is 1. The van der Waals surface area contributed by atoms with Crippen LogP contribution in [-0.2, 0) is 4.74 Å². The van der Waals surface area contributed by atoms with E-state index >= 15 is 0 Å². The van der Waals surface area contributed by atoms with Crippen molar-refractivity contribution in [3.63, 3.8) is 0 Å². The summed E-state index contributed by atoms with van der Waals surface area (Å²) in [6, 6.07) is 8.11. The van der Waals surface area contributed by atoms with Crippen LogP contribution in [0.15, 0.2) is 42.5 Å². The summed E-state index contributed by atoms with van der Waals surface area (Å²) >= 11 is 0. The predicted molar refractivity (Wildman–Crippen MR) is 167 cm³/mol. The number of nitrogens with two attached hydrogens (primary N) is 1. The summed E-state index contributed by atoms with van der Waals surface area (Å²) in [7, 11) is 1.45. The first-order valence-electron chi connectivity index (χ1n) is 16.1. The lowest BCUT2D eigenvalue weighted by Gasteiger charge is -2.68. The fourth-order valence-electron chi connectivity index (χ4n) is 11.3. The Kier molecular flexibility index (Phi) is 7.73. The number of hydrogen-bond acceptors (Lipinski definition) is 3. The number of benzene rings is 1. The van der Waals surface area contributed by atoms with Crippen LogP contribution in [0.1, 0.15) is 122 Å². The Morgan fingerprint density at radius 1 is 0.875 bits per heavy atom. The molecule has 0 heterocycles. The summed E-state index contributed by atoms with van der Waals surface area (Å²) in [4.78, 5) is 12.0. The molecule has 3 heteroatoms. The quantitative estimate of drug-likeness (QED) is 0.298. The first-order chi connectivity index (χ1) is 18.8. The molecule has 40 heavy (non-hydrogen) atoms. The lowest BCUT2D eigenvalue weighted by molar-refractivity contribution is -0.170. The Morgan fingerprint density at radius 3 is 2.20 bits per heavy atom. The molecule has 2 N–H and O–H groups in total. The van der Waals surface area contributed by atoms with Gasteiger partial charge in [-0.15, -0.1) is 6.58 Å². The molecule has 6 rings (SSSR count). The van der Waals surface area contributed by atoms with E-state index in [0.717, 1.165) is 23.7 Å². The number of rotatable bonds is 2. The number of esters is 1. The maximum absolute atomic E-state index is 12.0. The highest BCUT2D eigenvalue weighted by Crippen LogP contribution is 2.72. The molecule has 1 aromatic carbocycles. The zero-order chi connectivity index (χ0) is 29.1. The van der Waals surface area contributed by atoms with Crippen molar-refractivity contribution >= 4 is 11.5 Å². The SMILES string of the molecule is C=C(C)C.COC(=O)c1ccc(C2=CCC3(C)C(CCC4(C)C5CCC6(N)CCC[C@@H]6C5CCC43)C2(C)C)cc1. The second kappa shape index (κ2) is 10.4. The van der Waals surface area contributed by atoms with Gasteiger partial charge in [-0.05, 0) is 141 Å². The van der Waals surface area contributed by atoms with E-state index in [4.69, 9.17) is 10.5 Å². The second-order valence-electron chi connectivity index (χ2n) is 15.6. The molecule has 0 aromatic heterocycles. The van der Waals surface area contributed by atoms with Crippen LogP contribution in [0.25, 0.3) is 5.57 Å². The van der Waals surface area contributed by atoms with Crippen molar-refractivity contribution < 1.29 is 9.53 Å². The van der Waals surface area contributed by atoms with Gasteiger partial charge in [0.2, 0.25) is 0 Å². The first kappa shape index (κ1) is 29.6. The topological polar surface area (TPSA) is 52.3 Å². The molecule has 0 radical (unpaired) electrons. The molecule has 0 aliphatic heterocycles. The minimum atomic E-state index is -0.264. The van der Waals surface area contributed by atoms with Crippen LogP contribution in [0, 0.1) is 45.8 Å². The smallest absolute Gasteiger partial charge is 0.337 e. The maximum Gasteiger partial charge on any atom is 0.337 e. The van der Waals surface area contributed by atoms with E-state index in [1.165, 1.54) is 88.0 Å². The molecule has 7 unspecified atom stereocenters. The molecule has 0 saturated heterocycles. The van der Waals surface area contributed by atoms with Crippen LogP contribution in [0.2, 0.25) is 0 Å². The molecule has 0 bridgehead atoms. The van der Waals surface area contributed by atoms with Gasteiger partial charge in [-0.1, -0.05) is 57.9 Å². The summed E-state index contributed by atoms with van der Waals surface area (Å²) in [6.45, 7) is 17.8. The highest BCUT2D eigenvalue weighted by atomic mass is 16.5. The number of methoxy groups -OCH3 is 1. The van der Waals surface area contributed by atoms with E-state index in [9.17, 15) is 4.79 Å². The van der Waals surface area contributed by atoms with Gasteiger partial charge in [0, 0.05) is 5.54 Å². The molecule has 4 fully saturated rings. The third-order valence-corrected chi connectivity index (χ3v) is 12.8. The Hall–Kier alpha value is -1.87. The highest BCUT2D eigenvalue weighted by molar-refractivity contribution is 5.89. The predicted octanol–water partition coefficient (Wildman–Crippen LogP) is 9.23. The van der Waals surface area contributed by atoms with Gasteiger partial charge in [-0.25, -0.2) is 4.79 Å². The van der Waals surface area contributed by atoms with Gasteiger partial charge in [0.15, 0.2) is 0 Å². The van der Waals surface area contributed by atoms with Gasteiger partial charge in [0.25, 0.3) is 0 Å². The summed E-state index contributed by atoms with van der Waals surface area (Å²) in [5, 5.41) is 0. The van der Waals surface area contributed by atoms with E-state index in [0.29, 0.717) is 22.3 Å². The molecule has 1 aromatic rings. The lowest BCUT2D eigenvalue weighted by Crippen LogP contribution is -2.62. The van der Waals surface area contributed by atoms with E-state index < -0.39 is 0 Å². The Balaban J connectivity index is 0.000000758. The van der Waals surface area contributed by atoms with Crippen molar-refractivity contribution in [1.82, 2.24) is 0 Å². The zero-order valence-corrected chi connectivity index (χ0v) is 26.4. The maximum atomic E-state index is 12.0. The minimum absolute atomic E-state index is 0.113. The van der Waals surface area contributed by atoms with E-state index in [-0.39, 0.29) is 16.9 Å². The van der Waals surface area contributed by atoms with E-state index in [1.807, 2.05) is 26.0 Å². The van der Waals surface area contributed by atoms with Crippen LogP contribution in [-0.4, -0.2) is 18.6 Å². The zero-order valence-electron chi connectivity index (χ0n) is 26.4. The van der Waals surface area contributed by atoms with Gasteiger partial charge in [0.1, 0.15) is 0 Å². The molecular formula is C37H55NO2. The molecule has 4 saturated carbocycles. The van der Waals surface area contributed by atoms with Crippen LogP contribution in [0.3, 0.4) is 0 Å². The average molecular weight is 546 g/mol. The Labute approximate surface area is 244 Å². The number of carbonyl (C=O) groups is 1. The van der Waals surface area contributed by atoms with Crippen LogP contribution in [0.4, 0.5) is 0 Å². The fourth-order valence-corrected chi connectivity index (χ4v) is 11.3. The molecular weight excluding hydrogens is 490 g/mol. The largest absolute Gasteiger partial charge is 0.465 e. The fraction of sp³-hybridized carbons (Fsp3) is 0.703. The molecule has 5 aliphatic rings. The summed E-state index contributed by atoms with van der Waals surface area (Å²) in [5.41, 5.74) is 12.6. The molecule has 8 atom stereocenters. The summed E-state index contributed by atoms with van der Waals surface area (Å²) in [6.07, 6.45) is 15.9. The molecule has 5 aliphatic carbocycles. The molecule has 3 nitrogen and oxygen atoms in total. The normalized spacial score (nSPS) is 41.1. The van der Waals surface area contributed by atoms with Crippen LogP contribution < -0.4 is 5.73 Å². The van der Waals surface area contributed by atoms with Crippen molar-refractivity contribution in [2.75, 3.05) is 7.11 Å². The summed E-state index contributed by atoms with van der Waals surface area (Å²) in [5.74, 6) is 3.73. The van der Waals surface area contributed by atoms with Gasteiger partial charge in [-0.2, -0.15) is 0 Å². The summed E-state index contributed by atoms with van der Waals surface area (Å²) < 4.78 is 4.91. The first-order valence-corrected chi connectivity index (χ1v) is 16.1. The van der Waals surface area contributed by atoms with Gasteiger partial charge < -0.3 is 10.5 Å². The van der Waals surface area contributed by atoms with Gasteiger partial charge in [0.05, 0.1) is 12.7 Å². The van der Waals surface area contributed by atoms with Gasteiger partial charge >= 0.3 is 5.97 Å². The molecule has 220 valence electrons. The van der Waals surface area contributed by atoms with Gasteiger partial charge in [-0.3, -0.25) is 0 Å². The van der Waals surface area contributed by atoms with Crippen molar-refractivity contribution in [3.05, 3.63) is 53.6 Å². The second-order valence-corrected chi connectivity index (χ2v) is 15.6. The monoisotopic (exact) mass is 545 g/mol. The minimum Gasteiger partial charge on any atom is -0.465 e. The third-order valence-electron chi connectivity index (χ3n) is 12.8. The van der Waals surface area contributed by atoms with Crippen molar-refractivity contribution in [3.8, 4) is 0 Å². The lowest BCUT2D eigenvalue weighted by atomic mass is 9.37. The van der Waals surface area contributed by atoms with Crippen molar-refractivity contribution in [2.24, 2.45) is 51.6 Å². The Morgan fingerprint density at radius 2 is 1.55 bits per heavy atom. The number of ether oxygens (including phenoxy) is 1.